The summed E-state index contributed by atoms with van der Waals surface area (Å²) in [4.78, 5) is 4.56. The zero-order chi connectivity index (χ0) is 12.2. The van der Waals surface area contributed by atoms with Gasteiger partial charge < -0.3 is 0 Å². The molecule has 3 aromatic rings. The molecule has 0 aliphatic rings. The van der Waals surface area contributed by atoms with Crippen LogP contribution in [0.2, 0.25) is 0 Å². The van der Waals surface area contributed by atoms with Gasteiger partial charge in [0.25, 0.3) is 0 Å². The van der Waals surface area contributed by atoms with E-state index in [1.54, 1.807) is 11.3 Å². The molecule has 0 atom stereocenters. The normalized spacial score (nSPS) is 11.7. The average Bonchev–Trinajstić information content (AvgIpc) is 2.89. The molecule has 0 saturated heterocycles. The predicted octanol–water partition coefficient (Wildman–Crippen LogP) is 4.10. The predicted molar refractivity (Wildman–Crippen MR) is 77.1 cm³/mol. The number of hydrogen-bond donors (Lipinski definition) is 0. The number of hydrogen-bond acceptors (Lipinski definition) is 4. The van der Waals surface area contributed by atoms with E-state index in [-0.39, 0.29) is 0 Å². The van der Waals surface area contributed by atoms with Gasteiger partial charge in [0.2, 0.25) is 0 Å². The Morgan fingerprint density at radius 2 is 1.50 bits per heavy atom. The van der Waals surface area contributed by atoms with E-state index in [1.807, 2.05) is 48.5 Å². The fraction of sp³-hybridized carbons (Fsp3) is 0. The third-order valence-corrected chi connectivity index (χ3v) is 4.28. The van der Waals surface area contributed by atoms with E-state index in [4.69, 9.17) is 0 Å². The molecule has 2 aromatic carbocycles. The number of nitrogens with zero attached hydrogens (tertiary/aromatic N) is 2. The summed E-state index contributed by atoms with van der Waals surface area (Å²) in [6.07, 6.45) is 0. The molecule has 0 radical (unpaired) electrons. The topological polar surface area (TPSA) is 25.2 Å². The molecule has 18 heavy (non-hydrogen) atoms. The summed E-state index contributed by atoms with van der Waals surface area (Å²) >= 11 is 3.06. The van der Waals surface area contributed by atoms with Crippen LogP contribution in [0, 0.1) is 0 Å². The van der Waals surface area contributed by atoms with Gasteiger partial charge >= 0.3 is 0 Å². The molecule has 1 aromatic heterocycles. The van der Waals surface area contributed by atoms with E-state index in [9.17, 15) is 0 Å². The Labute approximate surface area is 113 Å². The Morgan fingerprint density at radius 1 is 0.833 bits per heavy atom. The molecular weight excluding hydrogens is 260 g/mol. The molecule has 0 aliphatic heterocycles. The number of aromatic nitrogens is 1. The zero-order valence-electron chi connectivity index (χ0n) is 9.48. The minimum Gasteiger partial charge on any atom is -0.226 e. The molecule has 0 saturated carbocycles. The average molecular weight is 270 g/mol. The van der Waals surface area contributed by atoms with Crippen molar-refractivity contribution in [3.63, 3.8) is 0 Å². The summed E-state index contributed by atoms with van der Waals surface area (Å²) in [6.45, 7) is 0. The highest BCUT2D eigenvalue weighted by molar-refractivity contribution is 7.25. The Hall–Kier alpha value is -1.78. The van der Waals surface area contributed by atoms with Crippen LogP contribution < -0.4 is 3.98 Å². The highest BCUT2D eigenvalue weighted by Crippen LogP contribution is 2.20. The third kappa shape index (κ3) is 2.55. The van der Waals surface area contributed by atoms with E-state index in [2.05, 4.69) is 21.5 Å². The number of rotatable bonds is 2. The van der Waals surface area contributed by atoms with Crippen molar-refractivity contribution in [1.29, 1.82) is 0 Å². The van der Waals surface area contributed by atoms with Crippen molar-refractivity contribution in [2.75, 3.05) is 0 Å². The summed E-state index contributed by atoms with van der Waals surface area (Å²) in [5, 5.41) is 1.02. The second-order valence-corrected chi connectivity index (χ2v) is 5.66. The van der Waals surface area contributed by atoms with Crippen LogP contribution in [0.15, 0.2) is 65.7 Å². The van der Waals surface area contributed by atoms with Crippen molar-refractivity contribution >= 4 is 28.6 Å². The maximum atomic E-state index is 4.56. The van der Waals surface area contributed by atoms with Crippen molar-refractivity contribution in [2.45, 2.75) is 0 Å². The summed E-state index contributed by atoms with van der Waals surface area (Å²) < 4.78 is 5.42. The lowest BCUT2D eigenvalue weighted by atomic mass is 10.2. The monoisotopic (exact) mass is 270 g/mol. The van der Waals surface area contributed by atoms with Gasteiger partial charge in [-0.2, -0.15) is 4.37 Å². The minimum absolute atomic E-state index is 0.969. The molecule has 1 heterocycles. The standard InChI is InChI=1S/C14H10N2S2/c1-3-7-11(8-4-1)13-16-18-14(17-13)15-12-9-5-2-6-10-12/h1-10H. The first kappa shape index (κ1) is 11.3. The van der Waals surface area contributed by atoms with E-state index in [0.29, 0.717) is 0 Å². The molecule has 0 fully saturated rings. The van der Waals surface area contributed by atoms with Crippen LogP contribution in [0.25, 0.3) is 10.6 Å². The second kappa shape index (κ2) is 5.25. The van der Waals surface area contributed by atoms with Crippen LogP contribution in [0.1, 0.15) is 0 Å². The summed E-state index contributed by atoms with van der Waals surface area (Å²) in [5.41, 5.74) is 2.12. The molecule has 3 rings (SSSR count). The van der Waals surface area contributed by atoms with Crippen LogP contribution in [-0.2, 0) is 0 Å². The van der Waals surface area contributed by atoms with Crippen molar-refractivity contribution in [3.05, 3.63) is 64.6 Å². The first-order chi connectivity index (χ1) is 8.92. The molecule has 0 aliphatic carbocycles. The minimum atomic E-state index is 0.969. The van der Waals surface area contributed by atoms with Crippen molar-refractivity contribution in [3.8, 4) is 10.6 Å². The summed E-state index contributed by atoms with van der Waals surface area (Å²) in [6, 6.07) is 20.1. The highest BCUT2D eigenvalue weighted by atomic mass is 32.2. The Balaban J connectivity index is 1.98. The van der Waals surface area contributed by atoms with Gasteiger partial charge in [0.15, 0.2) is 3.98 Å². The largest absolute Gasteiger partial charge is 0.226 e. The fourth-order valence-electron chi connectivity index (χ4n) is 1.54. The second-order valence-electron chi connectivity index (χ2n) is 3.67. The Bertz CT molecular complexity index is 684. The molecule has 4 heteroatoms. The maximum absolute atomic E-state index is 4.56. The SMILES string of the molecule is c1ccc(N=c2snc(-c3ccccc3)s2)cc1. The molecule has 0 amide bonds. The van der Waals surface area contributed by atoms with E-state index in [0.717, 1.165) is 20.2 Å². The van der Waals surface area contributed by atoms with E-state index in [1.165, 1.54) is 11.5 Å². The Morgan fingerprint density at radius 3 is 2.22 bits per heavy atom. The lowest BCUT2D eigenvalue weighted by molar-refractivity contribution is 1.45. The molecule has 0 spiro atoms. The zero-order valence-corrected chi connectivity index (χ0v) is 11.1. The van der Waals surface area contributed by atoms with Gasteiger partial charge in [-0.1, -0.05) is 59.9 Å². The fourth-order valence-corrected chi connectivity index (χ4v) is 3.29. The smallest absolute Gasteiger partial charge is 0.191 e. The van der Waals surface area contributed by atoms with Crippen LogP contribution in [0.5, 0.6) is 0 Å². The van der Waals surface area contributed by atoms with Crippen LogP contribution in [-0.4, -0.2) is 4.37 Å². The Kier molecular flexibility index (Phi) is 3.30. The van der Waals surface area contributed by atoms with Gasteiger partial charge in [0, 0.05) is 5.56 Å². The van der Waals surface area contributed by atoms with E-state index >= 15 is 0 Å². The molecule has 0 unspecified atom stereocenters. The molecule has 2 nitrogen and oxygen atoms in total. The van der Waals surface area contributed by atoms with Gasteiger partial charge in [-0.25, -0.2) is 4.99 Å². The van der Waals surface area contributed by atoms with Gasteiger partial charge in [-0.3, -0.25) is 0 Å². The lowest BCUT2D eigenvalue weighted by Crippen LogP contribution is -1.83. The lowest BCUT2D eigenvalue weighted by Gasteiger charge is -1.91. The highest BCUT2D eigenvalue weighted by Gasteiger charge is 2.01. The van der Waals surface area contributed by atoms with E-state index < -0.39 is 0 Å². The maximum Gasteiger partial charge on any atom is 0.191 e. The molecule has 0 bridgehead atoms. The van der Waals surface area contributed by atoms with Crippen molar-refractivity contribution < 1.29 is 0 Å². The van der Waals surface area contributed by atoms with Gasteiger partial charge in [-0.15, -0.1) is 0 Å². The third-order valence-electron chi connectivity index (χ3n) is 2.39. The van der Waals surface area contributed by atoms with Gasteiger partial charge in [0.05, 0.1) is 5.69 Å². The van der Waals surface area contributed by atoms with Crippen LogP contribution >= 0.6 is 22.9 Å². The van der Waals surface area contributed by atoms with Crippen LogP contribution in [0.4, 0.5) is 5.69 Å². The quantitative estimate of drug-likeness (QED) is 0.688. The van der Waals surface area contributed by atoms with Gasteiger partial charge in [-0.05, 0) is 23.7 Å². The molecule has 88 valence electrons. The van der Waals surface area contributed by atoms with Crippen LogP contribution in [0.3, 0.4) is 0 Å². The number of benzene rings is 2. The van der Waals surface area contributed by atoms with Crippen molar-refractivity contribution in [1.82, 2.24) is 4.37 Å². The summed E-state index contributed by atoms with van der Waals surface area (Å²) in [7, 11) is 0. The first-order valence-electron chi connectivity index (χ1n) is 5.54. The number of para-hydroxylation sites is 1. The molecule has 0 N–H and O–H groups in total. The van der Waals surface area contributed by atoms with Crippen molar-refractivity contribution in [2.24, 2.45) is 4.99 Å². The first-order valence-corrected chi connectivity index (χ1v) is 7.13. The molecular formula is C14H10N2S2. The summed E-state index contributed by atoms with van der Waals surface area (Å²) in [5.74, 6) is 0. The van der Waals surface area contributed by atoms with Gasteiger partial charge in [0.1, 0.15) is 5.01 Å².